The first-order valence-corrected chi connectivity index (χ1v) is 5.94. The molecule has 0 amide bonds. The van der Waals surface area contributed by atoms with Gasteiger partial charge in [0.15, 0.2) is 0 Å². The maximum atomic E-state index is 7.20. The van der Waals surface area contributed by atoms with Gasteiger partial charge < -0.3 is 16.4 Å². The lowest BCUT2D eigenvalue weighted by molar-refractivity contribution is 0.282. The molecular formula is C11H25N5. The smallest absolute Gasteiger partial charge is 0.0918 e. The zero-order chi connectivity index (χ0) is 12.4. The maximum Gasteiger partial charge on any atom is 0.0918 e. The molecule has 5 heteroatoms. The molecule has 0 aromatic heterocycles. The molecule has 0 aromatic rings. The first-order chi connectivity index (χ1) is 7.56. The van der Waals surface area contributed by atoms with Gasteiger partial charge >= 0.3 is 0 Å². The van der Waals surface area contributed by atoms with Gasteiger partial charge in [0.2, 0.25) is 0 Å². The third kappa shape index (κ3) is 9.45. The quantitative estimate of drug-likeness (QED) is 0.255. The monoisotopic (exact) mass is 227 g/mol. The minimum atomic E-state index is 0.225. The molecule has 0 rings (SSSR count). The van der Waals surface area contributed by atoms with Crippen molar-refractivity contribution in [2.24, 2.45) is 11.5 Å². The number of nitrogens with one attached hydrogen (secondary N) is 2. The SMILES string of the molecule is CCCCCN(CCC(=N)N)CCC(=N)N. The maximum absolute atomic E-state index is 7.20. The molecule has 0 bridgehead atoms. The van der Waals surface area contributed by atoms with Crippen LogP contribution in [0.3, 0.4) is 0 Å². The van der Waals surface area contributed by atoms with Crippen molar-refractivity contribution < 1.29 is 0 Å². The Morgan fingerprint density at radius 1 is 0.938 bits per heavy atom. The van der Waals surface area contributed by atoms with E-state index in [0.29, 0.717) is 12.8 Å². The van der Waals surface area contributed by atoms with Gasteiger partial charge in [0.1, 0.15) is 0 Å². The summed E-state index contributed by atoms with van der Waals surface area (Å²) in [7, 11) is 0. The van der Waals surface area contributed by atoms with E-state index >= 15 is 0 Å². The number of hydrogen-bond acceptors (Lipinski definition) is 3. The van der Waals surface area contributed by atoms with E-state index in [1.807, 2.05) is 0 Å². The van der Waals surface area contributed by atoms with Gasteiger partial charge in [0, 0.05) is 25.9 Å². The van der Waals surface area contributed by atoms with E-state index in [1.165, 1.54) is 12.8 Å². The Hall–Kier alpha value is -1.10. The van der Waals surface area contributed by atoms with Crippen LogP contribution in [0.25, 0.3) is 0 Å². The molecule has 5 nitrogen and oxygen atoms in total. The molecule has 0 atom stereocenters. The molecule has 94 valence electrons. The molecule has 16 heavy (non-hydrogen) atoms. The summed E-state index contributed by atoms with van der Waals surface area (Å²) < 4.78 is 0. The molecule has 0 radical (unpaired) electrons. The number of nitrogens with two attached hydrogens (primary N) is 2. The van der Waals surface area contributed by atoms with Gasteiger partial charge in [0.25, 0.3) is 0 Å². The molecule has 0 spiro atoms. The van der Waals surface area contributed by atoms with Crippen LogP contribution in [0, 0.1) is 10.8 Å². The summed E-state index contributed by atoms with van der Waals surface area (Å²) in [4.78, 5) is 2.23. The largest absolute Gasteiger partial charge is 0.388 e. The van der Waals surface area contributed by atoms with Crippen LogP contribution in [0.5, 0.6) is 0 Å². The van der Waals surface area contributed by atoms with Crippen molar-refractivity contribution >= 4 is 11.7 Å². The van der Waals surface area contributed by atoms with E-state index < -0.39 is 0 Å². The van der Waals surface area contributed by atoms with Crippen LogP contribution in [0.2, 0.25) is 0 Å². The van der Waals surface area contributed by atoms with E-state index in [1.54, 1.807) is 0 Å². The number of amidine groups is 2. The molecule has 0 heterocycles. The second-order valence-electron chi connectivity index (χ2n) is 4.10. The highest BCUT2D eigenvalue weighted by Crippen LogP contribution is 2.00. The van der Waals surface area contributed by atoms with E-state index in [2.05, 4.69) is 11.8 Å². The van der Waals surface area contributed by atoms with Crippen molar-refractivity contribution in [1.82, 2.24) is 4.90 Å². The van der Waals surface area contributed by atoms with E-state index in [-0.39, 0.29) is 11.7 Å². The molecule has 0 aromatic carbocycles. The van der Waals surface area contributed by atoms with Crippen LogP contribution >= 0.6 is 0 Å². The van der Waals surface area contributed by atoms with E-state index in [0.717, 1.165) is 26.1 Å². The molecule has 0 aliphatic heterocycles. The summed E-state index contributed by atoms with van der Waals surface area (Å²) in [5, 5.41) is 14.4. The van der Waals surface area contributed by atoms with Crippen molar-refractivity contribution in [3.8, 4) is 0 Å². The zero-order valence-corrected chi connectivity index (χ0v) is 10.3. The molecule has 0 fully saturated rings. The summed E-state index contributed by atoms with van der Waals surface area (Å²) in [5.41, 5.74) is 10.7. The van der Waals surface area contributed by atoms with Crippen molar-refractivity contribution in [2.75, 3.05) is 19.6 Å². The van der Waals surface area contributed by atoms with Gasteiger partial charge in [-0.1, -0.05) is 19.8 Å². The fourth-order valence-corrected chi connectivity index (χ4v) is 1.48. The highest BCUT2D eigenvalue weighted by molar-refractivity contribution is 5.77. The molecule has 0 unspecified atom stereocenters. The fourth-order valence-electron chi connectivity index (χ4n) is 1.48. The average molecular weight is 227 g/mol. The normalized spacial score (nSPS) is 10.6. The first-order valence-electron chi connectivity index (χ1n) is 5.94. The minimum Gasteiger partial charge on any atom is -0.388 e. The van der Waals surface area contributed by atoms with Crippen molar-refractivity contribution in [2.45, 2.75) is 39.0 Å². The number of rotatable bonds is 10. The lowest BCUT2D eigenvalue weighted by Gasteiger charge is -2.21. The summed E-state index contributed by atoms with van der Waals surface area (Å²) in [6.07, 6.45) is 4.78. The predicted octanol–water partition coefficient (Wildman–Crippen LogP) is 1.13. The summed E-state index contributed by atoms with van der Waals surface area (Å²) in [6.45, 7) is 4.78. The van der Waals surface area contributed by atoms with Crippen molar-refractivity contribution in [3.05, 3.63) is 0 Å². The van der Waals surface area contributed by atoms with Gasteiger partial charge in [0.05, 0.1) is 11.7 Å². The average Bonchev–Trinajstić information content (AvgIpc) is 2.21. The van der Waals surface area contributed by atoms with Crippen molar-refractivity contribution in [3.63, 3.8) is 0 Å². The Labute approximate surface area is 98.2 Å². The molecule has 0 aliphatic rings. The fraction of sp³-hybridized carbons (Fsp3) is 0.818. The second-order valence-corrected chi connectivity index (χ2v) is 4.10. The number of unbranched alkanes of at least 4 members (excludes halogenated alkanes) is 2. The summed E-state index contributed by atoms with van der Waals surface area (Å²) in [6, 6.07) is 0. The molecule has 0 aliphatic carbocycles. The van der Waals surface area contributed by atoms with Crippen LogP contribution in [0.1, 0.15) is 39.0 Å². The first kappa shape index (κ1) is 14.9. The second kappa shape index (κ2) is 9.15. The van der Waals surface area contributed by atoms with Gasteiger partial charge in [-0.25, -0.2) is 0 Å². The Kier molecular flexibility index (Phi) is 8.52. The third-order valence-electron chi connectivity index (χ3n) is 2.47. The summed E-state index contributed by atoms with van der Waals surface area (Å²) in [5.74, 6) is 0.451. The Bertz CT molecular complexity index is 196. The standard InChI is InChI=1S/C11H25N5/c1-2-3-4-7-16(8-5-10(12)13)9-6-11(14)15/h2-9H2,1H3,(H3,12,13)(H3,14,15). The zero-order valence-electron chi connectivity index (χ0n) is 10.3. The van der Waals surface area contributed by atoms with Crippen molar-refractivity contribution in [1.29, 1.82) is 10.8 Å². The van der Waals surface area contributed by atoms with Crippen LogP contribution in [0.4, 0.5) is 0 Å². The Balaban J connectivity index is 3.84. The van der Waals surface area contributed by atoms with Crippen LogP contribution in [-0.4, -0.2) is 36.2 Å². The molecule has 6 N–H and O–H groups in total. The highest BCUT2D eigenvalue weighted by atomic mass is 15.1. The molecule has 0 saturated heterocycles. The number of nitrogens with zero attached hydrogens (tertiary/aromatic N) is 1. The minimum absolute atomic E-state index is 0.225. The Morgan fingerprint density at radius 3 is 1.81 bits per heavy atom. The predicted molar refractivity (Wildman–Crippen MR) is 69.0 cm³/mol. The van der Waals surface area contributed by atoms with E-state index in [4.69, 9.17) is 22.3 Å². The lowest BCUT2D eigenvalue weighted by atomic mass is 10.2. The van der Waals surface area contributed by atoms with Crippen LogP contribution in [0.15, 0.2) is 0 Å². The van der Waals surface area contributed by atoms with E-state index in [9.17, 15) is 0 Å². The molecule has 0 saturated carbocycles. The van der Waals surface area contributed by atoms with Gasteiger partial charge in [-0.15, -0.1) is 0 Å². The number of hydrogen-bond donors (Lipinski definition) is 4. The van der Waals surface area contributed by atoms with Crippen LogP contribution < -0.4 is 11.5 Å². The van der Waals surface area contributed by atoms with Gasteiger partial charge in [-0.3, -0.25) is 10.8 Å². The highest BCUT2D eigenvalue weighted by Gasteiger charge is 2.05. The van der Waals surface area contributed by atoms with Gasteiger partial charge in [-0.05, 0) is 13.0 Å². The van der Waals surface area contributed by atoms with Gasteiger partial charge in [-0.2, -0.15) is 0 Å². The summed E-state index contributed by atoms with van der Waals surface area (Å²) >= 11 is 0. The van der Waals surface area contributed by atoms with Crippen LogP contribution in [-0.2, 0) is 0 Å². The third-order valence-corrected chi connectivity index (χ3v) is 2.47. The topological polar surface area (TPSA) is 103 Å². The lowest BCUT2D eigenvalue weighted by Crippen LogP contribution is -2.32. The molecular weight excluding hydrogens is 202 g/mol. The Morgan fingerprint density at radius 2 is 1.44 bits per heavy atom.